The number of hydrogen-bond donors (Lipinski definition) is 0. The van der Waals surface area contributed by atoms with Crippen molar-refractivity contribution in [1.29, 1.82) is 5.26 Å². The van der Waals surface area contributed by atoms with Crippen molar-refractivity contribution in [3.8, 4) is 6.07 Å². The first-order chi connectivity index (χ1) is 5.74. The van der Waals surface area contributed by atoms with Crippen LogP contribution in [0.15, 0.2) is 11.1 Å². The Hall–Kier alpha value is -1.10. The Morgan fingerprint density at radius 1 is 1.50 bits per heavy atom. The third kappa shape index (κ3) is 0.972. The molecule has 2 rings (SSSR count). The molecule has 0 N–H and O–H groups in total. The molecule has 0 saturated heterocycles. The van der Waals surface area contributed by atoms with Gasteiger partial charge < -0.3 is 0 Å². The smallest absolute Gasteiger partial charge is 0.158 e. The highest BCUT2D eigenvalue weighted by Crippen LogP contribution is 2.48. The number of hydrogen-bond acceptors (Lipinski definition) is 2. The second-order valence-corrected chi connectivity index (χ2v) is 3.65. The summed E-state index contributed by atoms with van der Waals surface area (Å²) in [6.07, 6.45) is 2.57. The fourth-order valence-corrected chi connectivity index (χ4v) is 1.99. The van der Waals surface area contributed by atoms with Crippen LogP contribution in [0.2, 0.25) is 0 Å². The van der Waals surface area contributed by atoms with Crippen molar-refractivity contribution in [2.75, 3.05) is 0 Å². The van der Waals surface area contributed by atoms with Gasteiger partial charge in [0, 0.05) is 6.42 Å². The third-order valence-corrected chi connectivity index (χ3v) is 2.93. The molecule has 62 valence electrons. The average Bonchev–Trinajstić information content (AvgIpc) is 2.77. The monoisotopic (exact) mass is 161 g/mol. The van der Waals surface area contributed by atoms with E-state index in [1.807, 2.05) is 6.92 Å². The Labute approximate surface area is 71.9 Å². The summed E-state index contributed by atoms with van der Waals surface area (Å²) in [6, 6.07) is 2.26. The molecular weight excluding hydrogens is 150 g/mol. The molecule has 0 aromatic heterocycles. The van der Waals surface area contributed by atoms with Gasteiger partial charge in [-0.2, -0.15) is 5.26 Å². The highest BCUT2D eigenvalue weighted by Gasteiger charge is 2.42. The van der Waals surface area contributed by atoms with E-state index in [4.69, 9.17) is 5.26 Å². The number of nitrogens with zero attached hydrogens (tertiary/aromatic N) is 1. The van der Waals surface area contributed by atoms with E-state index in [2.05, 4.69) is 6.07 Å². The molecule has 0 unspecified atom stereocenters. The molecule has 12 heavy (non-hydrogen) atoms. The molecule has 2 aliphatic carbocycles. The van der Waals surface area contributed by atoms with E-state index < -0.39 is 0 Å². The molecule has 0 aromatic carbocycles. The van der Waals surface area contributed by atoms with Crippen LogP contribution >= 0.6 is 0 Å². The van der Waals surface area contributed by atoms with Crippen molar-refractivity contribution in [3.05, 3.63) is 11.1 Å². The van der Waals surface area contributed by atoms with Gasteiger partial charge in [-0.3, -0.25) is 4.79 Å². The number of ketones is 1. The van der Waals surface area contributed by atoms with Crippen LogP contribution in [0.4, 0.5) is 0 Å². The largest absolute Gasteiger partial charge is 0.295 e. The molecule has 0 aromatic rings. The highest BCUT2D eigenvalue weighted by molar-refractivity contribution is 5.98. The van der Waals surface area contributed by atoms with E-state index >= 15 is 0 Å². The van der Waals surface area contributed by atoms with Crippen LogP contribution in [0.25, 0.3) is 0 Å². The molecule has 1 saturated carbocycles. The average molecular weight is 161 g/mol. The summed E-state index contributed by atoms with van der Waals surface area (Å²) in [5, 5.41) is 8.63. The number of carbonyl (C=O) groups is 1. The van der Waals surface area contributed by atoms with Crippen molar-refractivity contribution >= 4 is 5.78 Å². The number of allylic oxidation sites excluding steroid dienone is 2. The topological polar surface area (TPSA) is 40.9 Å². The van der Waals surface area contributed by atoms with Crippen LogP contribution in [0.1, 0.15) is 26.2 Å². The van der Waals surface area contributed by atoms with Gasteiger partial charge in [-0.05, 0) is 31.3 Å². The fourth-order valence-electron chi connectivity index (χ4n) is 1.99. The zero-order chi connectivity index (χ0) is 8.72. The first-order valence-electron chi connectivity index (χ1n) is 4.36. The van der Waals surface area contributed by atoms with Gasteiger partial charge in [0.05, 0.1) is 12.0 Å². The summed E-state index contributed by atoms with van der Waals surface area (Å²) in [4.78, 5) is 11.2. The van der Waals surface area contributed by atoms with Gasteiger partial charge in [-0.1, -0.05) is 5.57 Å². The minimum atomic E-state index is 0.209. The van der Waals surface area contributed by atoms with Gasteiger partial charge in [0.1, 0.15) is 0 Å². The molecule has 0 radical (unpaired) electrons. The van der Waals surface area contributed by atoms with Crippen LogP contribution in [-0.2, 0) is 4.79 Å². The van der Waals surface area contributed by atoms with E-state index in [0.717, 1.165) is 18.4 Å². The predicted molar refractivity (Wildman–Crippen MR) is 44.2 cm³/mol. The molecule has 0 aliphatic heterocycles. The minimum absolute atomic E-state index is 0.209. The van der Waals surface area contributed by atoms with Crippen LogP contribution in [0.3, 0.4) is 0 Å². The predicted octanol–water partition coefficient (Wildman–Crippen LogP) is 1.83. The fraction of sp³-hybridized carbons (Fsp3) is 0.600. The molecule has 0 spiro atoms. The number of rotatable bonds is 1. The summed E-state index contributed by atoms with van der Waals surface area (Å²) < 4.78 is 0. The van der Waals surface area contributed by atoms with Gasteiger partial charge in [0.15, 0.2) is 5.78 Å². The van der Waals surface area contributed by atoms with E-state index in [0.29, 0.717) is 12.3 Å². The lowest BCUT2D eigenvalue weighted by molar-refractivity contribution is -0.114. The lowest BCUT2D eigenvalue weighted by Crippen LogP contribution is -1.91. The van der Waals surface area contributed by atoms with E-state index in [9.17, 15) is 4.79 Å². The lowest BCUT2D eigenvalue weighted by Gasteiger charge is -1.97. The molecule has 2 atom stereocenters. The van der Waals surface area contributed by atoms with Crippen LogP contribution < -0.4 is 0 Å². The Balaban J connectivity index is 2.17. The Morgan fingerprint density at radius 2 is 2.25 bits per heavy atom. The second kappa shape index (κ2) is 2.45. The van der Waals surface area contributed by atoms with Crippen molar-refractivity contribution < 1.29 is 4.79 Å². The van der Waals surface area contributed by atoms with Gasteiger partial charge in [0.2, 0.25) is 0 Å². The molecule has 2 heteroatoms. The molecular formula is C10H11NO. The van der Waals surface area contributed by atoms with Gasteiger partial charge >= 0.3 is 0 Å². The number of Topliss-reactive ketones (excluding diaryl/α,β-unsaturated/α-hetero) is 1. The number of carbonyl (C=O) groups excluding carboxylic acids is 1. The Bertz CT molecular complexity index is 308. The van der Waals surface area contributed by atoms with Crippen molar-refractivity contribution in [1.82, 2.24) is 0 Å². The zero-order valence-electron chi connectivity index (χ0n) is 7.13. The van der Waals surface area contributed by atoms with Crippen LogP contribution in [0.5, 0.6) is 0 Å². The molecule has 1 fully saturated rings. The summed E-state index contributed by atoms with van der Waals surface area (Å²) >= 11 is 0. The molecule has 2 aliphatic rings. The summed E-state index contributed by atoms with van der Waals surface area (Å²) in [7, 11) is 0. The zero-order valence-corrected chi connectivity index (χ0v) is 7.13. The second-order valence-electron chi connectivity index (χ2n) is 3.65. The van der Waals surface area contributed by atoms with Gasteiger partial charge in [-0.15, -0.1) is 0 Å². The minimum Gasteiger partial charge on any atom is -0.295 e. The normalized spacial score (nSPS) is 33.8. The maximum Gasteiger partial charge on any atom is 0.158 e. The SMILES string of the molecule is CC1=C([C@@H]2C[C@@H]2C#N)CCC1=O. The molecule has 2 nitrogen and oxygen atoms in total. The number of nitriles is 1. The lowest BCUT2D eigenvalue weighted by atomic mass is 10.1. The Morgan fingerprint density at radius 3 is 2.67 bits per heavy atom. The molecule has 0 heterocycles. The third-order valence-electron chi connectivity index (χ3n) is 2.93. The highest BCUT2D eigenvalue weighted by atomic mass is 16.1. The maximum atomic E-state index is 11.2. The molecule has 0 bridgehead atoms. The summed E-state index contributed by atoms with van der Waals surface area (Å²) in [5.74, 6) is 0.927. The van der Waals surface area contributed by atoms with E-state index in [1.165, 1.54) is 5.57 Å². The van der Waals surface area contributed by atoms with E-state index in [-0.39, 0.29) is 11.7 Å². The van der Waals surface area contributed by atoms with E-state index in [1.54, 1.807) is 0 Å². The van der Waals surface area contributed by atoms with Crippen LogP contribution in [0, 0.1) is 23.2 Å². The molecule has 0 amide bonds. The summed E-state index contributed by atoms with van der Waals surface area (Å²) in [5.41, 5.74) is 2.21. The van der Waals surface area contributed by atoms with Crippen LogP contribution in [-0.4, -0.2) is 5.78 Å². The maximum absolute atomic E-state index is 11.2. The first kappa shape index (κ1) is 7.54. The first-order valence-corrected chi connectivity index (χ1v) is 4.36. The Kier molecular flexibility index (Phi) is 1.54. The quantitative estimate of drug-likeness (QED) is 0.588. The van der Waals surface area contributed by atoms with Crippen molar-refractivity contribution in [3.63, 3.8) is 0 Å². The van der Waals surface area contributed by atoms with Gasteiger partial charge in [0.25, 0.3) is 0 Å². The van der Waals surface area contributed by atoms with Crippen molar-refractivity contribution in [2.45, 2.75) is 26.2 Å². The standard InChI is InChI=1S/C10H11NO/c1-6-8(2-3-10(6)12)9-4-7(9)5-11/h7,9H,2-4H2,1H3/t7-,9-/m1/s1. The summed E-state index contributed by atoms with van der Waals surface area (Å²) in [6.45, 7) is 1.90. The van der Waals surface area contributed by atoms with Crippen molar-refractivity contribution in [2.24, 2.45) is 11.8 Å². The van der Waals surface area contributed by atoms with Gasteiger partial charge in [-0.25, -0.2) is 0 Å².